The molecule has 0 saturated carbocycles. The highest BCUT2D eigenvalue weighted by molar-refractivity contribution is 14.0. The van der Waals surface area contributed by atoms with E-state index in [-0.39, 0.29) is 34.8 Å². The number of aliphatic imine (C=N–C) groups is 1. The van der Waals surface area contributed by atoms with Crippen molar-refractivity contribution in [1.82, 2.24) is 0 Å². The zero-order chi connectivity index (χ0) is 16.9. The average molecular weight is 462 g/mol. The monoisotopic (exact) mass is 462 g/mol. The molecule has 0 aliphatic rings. The molecule has 2 aromatic rings. The zero-order valence-electron chi connectivity index (χ0n) is 13.0. The van der Waals surface area contributed by atoms with Gasteiger partial charge >= 0.3 is 0 Å². The summed E-state index contributed by atoms with van der Waals surface area (Å²) in [6.45, 7) is 0.319. The first-order valence-electron chi connectivity index (χ1n) is 6.71. The Labute approximate surface area is 158 Å². The Balaban J connectivity index is 0.00000288. The summed E-state index contributed by atoms with van der Waals surface area (Å²) >= 11 is 0. The van der Waals surface area contributed by atoms with E-state index in [0.717, 1.165) is 17.0 Å². The lowest BCUT2D eigenvalue weighted by Crippen LogP contribution is -2.22. The van der Waals surface area contributed by atoms with Crippen LogP contribution in [-0.4, -0.2) is 21.5 Å². The standard InChI is InChI=1S/C15H18N4O3S.HI/c1-22-13-6-4-12(5-7-13)19-15(16)18-10-11-2-8-14(9-3-11)23(17,20)21;/h2-9H,10H2,1H3,(H3,16,18,19)(H2,17,20,21);1H. The highest BCUT2D eigenvalue weighted by Gasteiger charge is 2.06. The van der Waals surface area contributed by atoms with Crippen LogP contribution in [0.2, 0.25) is 0 Å². The van der Waals surface area contributed by atoms with Gasteiger partial charge in [0.05, 0.1) is 18.6 Å². The number of nitrogens with one attached hydrogen (secondary N) is 1. The number of hydrogen-bond donors (Lipinski definition) is 3. The highest BCUT2D eigenvalue weighted by Crippen LogP contribution is 2.15. The van der Waals surface area contributed by atoms with Crippen LogP contribution in [0, 0.1) is 0 Å². The molecule has 130 valence electrons. The van der Waals surface area contributed by atoms with Crippen LogP contribution in [0.5, 0.6) is 5.75 Å². The van der Waals surface area contributed by atoms with Gasteiger partial charge in [0.15, 0.2) is 5.96 Å². The van der Waals surface area contributed by atoms with E-state index in [9.17, 15) is 8.42 Å². The minimum atomic E-state index is -3.68. The van der Waals surface area contributed by atoms with Gasteiger partial charge in [-0.05, 0) is 42.0 Å². The van der Waals surface area contributed by atoms with Gasteiger partial charge in [-0.3, -0.25) is 0 Å². The van der Waals surface area contributed by atoms with Gasteiger partial charge in [0.2, 0.25) is 10.0 Å². The van der Waals surface area contributed by atoms with E-state index in [4.69, 9.17) is 15.6 Å². The summed E-state index contributed by atoms with van der Waals surface area (Å²) in [4.78, 5) is 4.26. The lowest BCUT2D eigenvalue weighted by atomic mass is 10.2. The first-order chi connectivity index (χ1) is 10.9. The third kappa shape index (κ3) is 5.98. The van der Waals surface area contributed by atoms with E-state index >= 15 is 0 Å². The highest BCUT2D eigenvalue weighted by atomic mass is 127. The van der Waals surface area contributed by atoms with E-state index in [2.05, 4.69) is 10.3 Å². The molecule has 0 aliphatic carbocycles. The molecular weight excluding hydrogens is 443 g/mol. The van der Waals surface area contributed by atoms with Crippen LogP contribution in [0.1, 0.15) is 5.56 Å². The first-order valence-corrected chi connectivity index (χ1v) is 8.26. The predicted molar refractivity (Wildman–Crippen MR) is 105 cm³/mol. The Morgan fingerprint density at radius 2 is 1.71 bits per heavy atom. The van der Waals surface area contributed by atoms with Crippen molar-refractivity contribution in [3.63, 3.8) is 0 Å². The summed E-state index contributed by atoms with van der Waals surface area (Å²) in [5, 5.41) is 8.00. The molecule has 9 heteroatoms. The maximum absolute atomic E-state index is 11.2. The molecule has 0 aliphatic heterocycles. The van der Waals surface area contributed by atoms with Crippen LogP contribution in [0.3, 0.4) is 0 Å². The van der Waals surface area contributed by atoms with E-state index in [1.807, 2.05) is 24.3 Å². The van der Waals surface area contributed by atoms with Gasteiger partial charge in [0.25, 0.3) is 0 Å². The van der Waals surface area contributed by atoms with Gasteiger partial charge in [-0.15, -0.1) is 24.0 Å². The summed E-state index contributed by atoms with van der Waals surface area (Å²) in [7, 11) is -2.08. The number of halogens is 1. The molecule has 7 nitrogen and oxygen atoms in total. The van der Waals surface area contributed by atoms with Crippen LogP contribution in [0.4, 0.5) is 5.69 Å². The number of primary sulfonamides is 1. The topological polar surface area (TPSA) is 120 Å². The largest absolute Gasteiger partial charge is 0.497 e. The number of anilines is 1. The number of ether oxygens (including phenoxy) is 1. The number of nitrogens with two attached hydrogens (primary N) is 2. The molecule has 0 radical (unpaired) electrons. The van der Waals surface area contributed by atoms with Gasteiger partial charge in [-0.1, -0.05) is 12.1 Å². The molecule has 0 fully saturated rings. The minimum Gasteiger partial charge on any atom is -0.497 e. The Bertz CT molecular complexity index is 790. The molecule has 0 amide bonds. The summed E-state index contributed by atoms with van der Waals surface area (Å²) < 4.78 is 27.4. The number of methoxy groups -OCH3 is 1. The summed E-state index contributed by atoms with van der Waals surface area (Å²) in [5.41, 5.74) is 7.42. The van der Waals surface area contributed by atoms with Crippen molar-refractivity contribution in [3.05, 3.63) is 54.1 Å². The Kier molecular flexibility index (Phi) is 7.45. The van der Waals surface area contributed by atoms with Crippen molar-refractivity contribution >= 4 is 45.6 Å². The lowest BCUT2D eigenvalue weighted by molar-refractivity contribution is 0.415. The second-order valence-corrected chi connectivity index (χ2v) is 6.31. The van der Waals surface area contributed by atoms with Crippen LogP contribution < -0.4 is 20.9 Å². The molecule has 2 rings (SSSR count). The van der Waals surface area contributed by atoms with Crippen molar-refractivity contribution in [2.75, 3.05) is 12.4 Å². The number of rotatable bonds is 5. The van der Waals surface area contributed by atoms with Gasteiger partial charge in [0.1, 0.15) is 5.75 Å². The maximum Gasteiger partial charge on any atom is 0.238 e. The summed E-state index contributed by atoms with van der Waals surface area (Å²) in [6, 6.07) is 13.4. The van der Waals surface area contributed by atoms with Crippen molar-refractivity contribution in [2.45, 2.75) is 11.4 Å². The maximum atomic E-state index is 11.2. The lowest BCUT2D eigenvalue weighted by Gasteiger charge is -2.07. The molecule has 0 bridgehead atoms. The normalized spacial score (nSPS) is 11.5. The van der Waals surface area contributed by atoms with E-state index in [1.54, 1.807) is 19.2 Å². The van der Waals surface area contributed by atoms with E-state index in [0.29, 0.717) is 6.54 Å². The number of hydrogen-bond acceptors (Lipinski definition) is 4. The SMILES string of the molecule is COc1ccc(NC(N)=NCc2ccc(S(N)(=O)=O)cc2)cc1.I. The van der Waals surface area contributed by atoms with Crippen molar-refractivity contribution < 1.29 is 13.2 Å². The number of nitrogens with zero attached hydrogens (tertiary/aromatic N) is 1. The average Bonchev–Trinajstić information content (AvgIpc) is 2.53. The Hall–Kier alpha value is -1.85. The van der Waals surface area contributed by atoms with Crippen molar-refractivity contribution in [3.8, 4) is 5.75 Å². The van der Waals surface area contributed by atoms with Crippen LogP contribution in [0.25, 0.3) is 0 Å². The second-order valence-electron chi connectivity index (χ2n) is 4.74. The quantitative estimate of drug-likeness (QED) is 0.356. The molecule has 0 saturated heterocycles. The molecule has 0 atom stereocenters. The zero-order valence-corrected chi connectivity index (χ0v) is 16.1. The molecule has 2 aromatic carbocycles. The van der Waals surface area contributed by atoms with E-state index in [1.165, 1.54) is 12.1 Å². The summed E-state index contributed by atoms with van der Waals surface area (Å²) in [5.74, 6) is 1.01. The molecule has 5 N–H and O–H groups in total. The Morgan fingerprint density at radius 1 is 1.12 bits per heavy atom. The summed E-state index contributed by atoms with van der Waals surface area (Å²) in [6.07, 6.45) is 0. The molecular formula is C15H19IN4O3S. The molecule has 0 unspecified atom stereocenters. The third-order valence-electron chi connectivity index (χ3n) is 3.05. The van der Waals surface area contributed by atoms with Crippen molar-refractivity contribution in [2.24, 2.45) is 15.9 Å². The number of benzene rings is 2. The van der Waals surface area contributed by atoms with Crippen LogP contribution in [0.15, 0.2) is 58.4 Å². The first kappa shape index (κ1) is 20.2. The minimum absolute atomic E-state index is 0. The van der Waals surface area contributed by atoms with Crippen molar-refractivity contribution in [1.29, 1.82) is 0 Å². The van der Waals surface area contributed by atoms with Gasteiger partial charge < -0.3 is 15.8 Å². The fourth-order valence-corrected chi connectivity index (χ4v) is 2.34. The fourth-order valence-electron chi connectivity index (χ4n) is 1.82. The third-order valence-corrected chi connectivity index (χ3v) is 3.98. The molecule has 0 spiro atoms. The molecule has 24 heavy (non-hydrogen) atoms. The van der Waals surface area contributed by atoms with Crippen LogP contribution in [-0.2, 0) is 16.6 Å². The Morgan fingerprint density at radius 3 is 2.21 bits per heavy atom. The van der Waals surface area contributed by atoms with E-state index < -0.39 is 10.0 Å². The number of sulfonamides is 1. The number of guanidine groups is 1. The second kappa shape index (κ2) is 8.85. The van der Waals surface area contributed by atoms with Gasteiger partial charge in [0, 0.05) is 5.69 Å². The van der Waals surface area contributed by atoms with Crippen LogP contribution >= 0.6 is 24.0 Å². The molecule has 0 heterocycles. The van der Waals surface area contributed by atoms with Gasteiger partial charge in [-0.25, -0.2) is 18.5 Å². The van der Waals surface area contributed by atoms with Gasteiger partial charge in [-0.2, -0.15) is 0 Å². The fraction of sp³-hybridized carbons (Fsp3) is 0.133. The predicted octanol–water partition coefficient (Wildman–Crippen LogP) is 1.89. The smallest absolute Gasteiger partial charge is 0.238 e. The molecule has 0 aromatic heterocycles.